The molecular formula is C16H31NO. The Hall–Kier alpha value is -0.0800. The minimum atomic E-state index is -0.0314. The van der Waals surface area contributed by atoms with Crippen LogP contribution in [0.2, 0.25) is 0 Å². The third kappa shape index (κ3) is 3.96. The first-order valence-electron chi connectivity index (χ1n) is 7.67. The average molecular weight is 253 g/mol. The third-order valence-electron chi connectivity index (χ3n) is 4.76. The fraction of sp³-hybridized carbons (Fsp3) is 1.00. The van der Waals surface area contributed by atoms with E-state index in [-0.39, 0.29) is 6.10 Å². The van der Waals surface area contributed by atoms with Crippen LogP contribution < -0.4 is 5.32 Å². The minimum absolute atomic E-state index is 0.0314. The van der Waals surface area contributed by atoms with Crippen LogP contribution in [-0.4, -0.2) is 23.8 Å². The van der Waals surface area contributed by atoms with Crippen LogP contribution in [0, 0.1) is 16.7 Å². The van der Waals surface area contributed by atoms with Crippen molar-refractivity contribution in [3.05, 3.63) is 0 Å². The third-order valence-corrected chi connectivity index (χ3v) is 4.76. The van der Waals surface area contributed by atoms with Gasteiger partial charge in [0.25, 0.3) is 0 Å². The minimum Gasteiger partial charge on any atom is -0.393 e. The summed E-state index contributed by atoms with van der Waals surface area (Å²) in [5.41, 5.74) is 0.934. The van der Waals surface area contributed by atoms with Crippen LogP contribution in [0.15, 0.2) is 0 Å². The van der Waals surface area contributed by atoms with E-state index in [4.69, 9.17) is 0 Å². The van der Waals surface area contributed by atoms with Gasteiger partial charge in [0.2, 0.25) is 0 Å². The zero-order valence-corrected chi connectivity index (χ0v) is 12.6. The summed E-state index contributed by atoms with van der Waals surface area (Å²) < 4.78 is 0. The highest BCUT2D eigenvalue weighted by Gasteiger charge is 2.38. The highest BCUT2D eigenvalue weighted by molar-refractivity contribution is 4.92. The SMILES string of the molecule is CC1(C)CC(NCC2CCC(O)C2)CC(C)(C)C1. The van der Waals surface area contributed by atoms with E-state index in [1.165, 1.54) is 25.7 Å². The van der Waals surface area contributed by atoms with Crippen LogP contribution in [0.1, 0.15) is 66.2 Å². The molecule has 0 aliphatic heterocycles. The van der Waals surface area contributed by atoms with E-state index < -0.39 is 0 Å². The molecule has 0 bridgehead atoms. The van der Waals surface area contributed by atoms with Crippen LogP contribution in [0.4, 0.5) is 0 Å². The van der Waals surface area contributed by atoms with Gasteiger partial charge in [0.05, 0.1) is 6.10 Å². The van der Waals surface area contributed by atoms with Gasteiger partial charge in [0, 0.05) is 6.04 Å². The number of aliphatic hydroxyl groups excluding tert-OH is 1. The van der Waals surface area contributed by atoms with Gasteiger partial charge >= 0.3 is 0 Å². The van der Waals surface area contributed by atoms with Crippen molar-refractivity contribution in [1.82, 2.24) is 5.32 Å². The van der Waals surface area contributed by atoms with Crippen molar-refractivity contribution >= 4 is 0 Å². The lowest BCUT2D eigenvalue weighted by atomic mass is 9.63. The number of aliphatic hydroxyl groups is 1. The highest BCUT2D eigenvalue weighted by Crippen LogP contribution is 2.45. The molecule has 2 heteroatoms. The van der Waals surface area contributed by atoms with Crippen LogP contribution in [-0.2, 0) is 0 Å². The predicted octanol–water partition coefficient (Wildman–Crippen LogP) is 3.34. The molecule has 2 N–H and O–H groups in total. The van der Waals surface area contributed by atoms with E-state index in [1.54, 1.807) is 0 Å². The summed E-state index contributed by atoms with van der Waals surface area (Å²) in [5, 5.41) is 13.4. The molecule has 2 unspecified atom stereocenters. The molecule has 0 aromatic heterocycles. The smallest absolute Gasteiger partial charge is 0.0543 e. The van der Waals surface area contributed by atoms with E-state index in [9.17, 15) is 5.11 Å². The van der Waals surface area contributed by atoms with E-state index in [2.05, 4.69) is 33.0 Å². The molecule has 106 valence electrons. The second kappa shape index (κ2) is 5.13. The summed E-state index contributed by atoms with van der Waals surface area (Å²) in [6.07, 6.45) is 7.11. The molecule has 0 radical (unpaired) electrons. The van der Waals surface area contributed by atoms with Gasteiger partial charge in [-0.3, -0.25) is 0 Å². The van der Waals surface area contributed by atoms with Gasteiger partial charge in [-0.05, 0) is 61.8 Å². The first kappa shape index (κ1) is 14.3. The van der Waals surface area contributed by atoms with Gasteiger partial charge < -0.3 is 10.4 Å². The van der Waals surface area contributed by atoms with Crippen molar-refractivity contribution < 1.29 is 5.11 Å². The Bertz CT molecular complexity index is 269. The molecular weight excluding hydrogens is 222 g/mol. The number of hydrogen-bond acceptors (Lipinski definition) is 2. The van der Waals surface area contributed by atoms with E-state index in [0.29, 0.717) is 22.8 Å². The number of hydrogen-bond donors (Lipinski definition) is 2. The molecule has 2 aliphatic carbocycles. The first-order chi connectivity index (χ1) is 8.26. The summed E-state index contributed by atoms with van der Waals surface area (Å²) in [5.74, 6) is 0.702. The Labute approximate surface area is 113 Å². The summed E-state index contributed by atoms with van der Waals surface area (Å²) in [6.45, 7) is 10.7. The molecule has 0 spiro atoms. The van der Waals surface area contributed by atoms with E-state index >= 15 is 0 Å². The molecule has 2 atom stereocenters. The van der Waals surface area contributed by atoms with E-state index in [1.807, 2.05) is 0 Å². The Morgan fingerprint density at radius 2 is 1.67 bits per heavy atom. The van der Waals surface area contributed by atoms with Gasteiger partial charge in [-0.2, -0.15) is 0 Å². The summed E-state index contributed by atoms with van der Waals surface area (Å²) in [4.78, 5) is 0. The van der Waals surface area contributed by atoms with Gasteiger partial charge in [-0.15, -0.1) is 0 Å². The van der Waals surface area contributed by atoms with Crippen LogP contribution in [0.3, 0.4) is 0 Å². The van der Waals surface area contributed by atoms with Crippen LogP contribution in [0.5, 0.6) is 0 Å². The Morgan fingerprint density at radius 3 is 2.17 bits per heavy atom. The van der Waals surface area contributed by atoms with Gasteiger partial charge in [-0.1, -0.05) is 27.7 Å². The maximum atomic E-state index is 9.57. The number of rotatable bonds is 3. The zero-order chi connectivity index (χ0) is 13.4. The highest BCUT2D eigenvalue weighted by atomic mass is 16.3. The molecule has 0 heterocycles. The zero-order valence-electron chi connectivity index (χ0n) is 12.6. The topological polar surface area (TPSA) is 32.3 Å². The molecule has 2 nitrogen and oxygen atoms in total. The molecule has 18 heavy (non-hydrogen) atoms. The molecule has 0 saturated heterocycles. The Kier molecular flexibility index (Phi) is 4.08. The molecule has 0 aromatic carbocycles. The molecule has 2 rings (SSSR count). The molecule has 2 saturated carbocycles. The van der Waals surface area contributed by atoms with Crippen molar-refractivity contribution in [2.75, 3.05) is 6.54 Å². The summed E-state index contributed by atoms with van der Waals surface area (Å²) in [7, 11) is 0. The normalized spacial score (nSPS) is 35.8. The maximum absolute atomic E-state index is 9.57. The maximum Gasteiger partial charge on any atom is 0.0543 e. The van der Waals surface area contributed by atoms with Crippen molar-refractivity contribution in [2.24, 2.45) is 16.7 Å². The van der Waals surface area contributed by atoms with Crippen molar-refractivity contribution in [3.8, 4) is 0 Å². The predicted molar refractivity (Wildman–Crippen MR) is 76.6 cm³/mol. The fourth-order valence-electron chi connectivity index (χ4n) is 4.56. The first-order valence-corrected chi connectivity index (χ1v) is 7.67. The van der Waals surface area contributed by atoms with Crippen LogP contribution >= 0.6 is 0 Å². The molecule has 2 aliphatic rings. The standard InChI is InChI=1S/C16H31NO/c1-15(2)8-13(9-16(3,4)11-15)17-10-12-5-6-14(18)7-12/h12-14,17-18H,5-11H2,1-4H3. The van der Waals surface area contributed by atoms with Gasteiger partial charge in [0.15, 0.2) is 0 Å². The Morgan fingerprint density at radius 1 is 1.06 bits per heavy atom. The lowest BCUT2D eigenvalue weighted by molar-refractivity contribution is 0.0830. The lowest BCUT2D eigenvalue weighted by Gasteiger charge is -2.45. The second-order valence-electron chi connectivity index (χ2n) is 8.35. The van der Waals surface area contributed by atoms with Gasteiger partial charge in [-0.25, -0.2) is 0 Å². The summed E-state index contributed by atoms with van der Waals surface area (Å²) >= 11 is 0. The average Bonchev–Trinajstić information content (AvgIpc) is 2.56. The largest absolute Gasteiger partial charge is 0.393 e. The van der Waals surface area contributed by atoms with Crippen molar-refractivity contribution in [3.63, 3.8) is 0 Å². The second-order valence-corrected chi connectivity index (χ2v) is 8.35. The molecule has 2 fully saturated rings. The number of nitrogens with one attached hydrogen (secondary N) is 1. The van der Waals surface area contributed by atoms with Crippen molar-refractivity contribution in [1.29, 1.82) is 0 Å². The Balaban J connectivity index is 1.82. The fourth-order valence-corrected chi connectivity index (χ4v) is 4.56. The van der Waals surface area contributed by atoms with E-state index in [0.717, 1.165) is 19.4 Å². The molecule has 0 aromatic rings. The van der Waals surface area contributed by atoms with Gasteiger partial charge in [0.1, 0.15) is 0 Å². The van der Waals surface area contributed by atoms with Crippen molar-refractivity contribution in [2.45, 2.75) is 78.4 Å². The quantitative estimate of drug-likeness (QED) is 0.808. The monoisotopic (exact) mass is 253 g/mol. The summed E-state index contributed by atoms with van der Waals surface area (Å²) in [6, 6.07) is 0.668. The lowest BCUT2D eigenvalue weighted by Crippen LogP contribution is -2.45. The van der Waals surface area contributed by atoms with Crippen LogP contribution in [0.25, 0.3) is 0 Å². The molecule has 0 amide bonds.